The number of ether oxygens (including phenoxy) is 2. The summed E-state index contributed by atoms with van der Waals surface area (Å²) in [4.78, 5) is 27.2. The second-order valence-electron chi connectivity index (χ2n) is 8.75. The third-order valence-electron chi connectivity index (χ3n) is 6.14. The highest BCUT2D eigenvalue weighted by Crippen LogP contribution is 2.36. The quantitative estimate of drug-likeness (QED) is 0.682. The van der Waals surface area contributed by atoms with E-state index in [0.717, 1.165) is 58.0 Å². The molecule has 1 aromatic rings. The van der Waals surface area contributed by atoms with Gasteiger partial charge in [-0.2, -0.15) is 0 Å². The van der Waals surface area contributed by atoms with Crippen LogP contribution in [0.1, 0.15) is 65.2 Å². The fourth-order valence-electron chi connectivity index (χ4n) is 4.46. The molecule has 30 heavy (non-hydrogen) atoms. The second kappa shape index (κ2) is 10.8. The fraction of sp³-hybridized carbons (Fsp3) is 0.667. The number of amides is 2. The predicted molar refractivity (Wildman–Crippen MR) is 118 cm³/mol. The Morgan fingerprint density at radius 1 is 1.13 bits per heavy atom. The molecule has 1 aliphatic carbocycles. The summed E-state index contributed by atoms with van der Waals surface area (Å²) in [5, 5.41) is 3.03. The van der Waals surface area contributed by atoms with Crippen LogP contribution in [-0.2, 0) is 14.3 Å². The number of anilines is 1. The van der Waals surface area contributed by atoms with Gasteiger partial charge in [0.2, 0.25) is 0 Å². The van der Waals surface area contributed by atoms with Gasteiger partial charge in [-0.25, -0.2) is 0 Å². The van der Waals surface area contributed by atoms with Crippen molar-refractivity contribution in [3.05, 3.63) is 24.3 Å². The summed E-state index contributed by atoms with van der Waals surface area (Å²) in [6.45, 7) is 6.55. The number of rotatable bonds is 8. The van der Waals surface area contributed by atoms with Gasteiger partial charge in [-0.3, -0.25) is 9.59 Å². The van der Waals surface area contributed by atoms with Crippen LogP contribution in [0.15, 0.2) is 24.3 Å². The van der Waals surface area contributed by atoms with Crippen LogP contribution in [0.3, 0.4) is 0 Å². The number of nitrogens with zero attached hydrogens (tertiary/aromatic N) is 1. The number of nitrogens with one attached hydrogen (secondary N) is 1. The lowest BCUT2D eigenvalue weighted by Crippen LogP contribution is -2.48. The molecule has 0 bridgehead atoms. The molecular weight excluding hydrogens is 380 g/mol. The minimum absolute atomic E-state index is 0.0357. The molecule has 6 heteroatoms. The topological polar surface area (TPSA) is 67.9 Å². The van der Waals surface area contributed by atoms with Gasteiger partial charge in [0.05, 0.1) is 0 Å². The maximum Gasteiger partial charge on any atom is 0.260 e. The number of piperidine rings is 1. The van der Waals surface area contributed by atoms with Gasteiger partial charge >= 0.3 is 0 Å². The maximum absolute atomic E-state index is 13.1. The van der Waals surface area contributed by atoms with Crippen LogP contribution in [0.25, 0.3) is 0 Å². The van der Waals surface area contributed by atoms with Crippen molar-refractivity contribution >= 4 is 17.5 Å². The van der Waals surface area contributed by atoms with Gasteiger partial charge in [0, 0.05) is 25.4 Å². The molecular formula is C24H36N2O4. The predicted octanol–water partition coefficient (Wildman–Crippen LogP) is 4.39. The van der Waals surface area contributed by atoms with Crippen molar-refractivity contribution in [3.8, 4) is 5.75 Å². The Kier molecular flexibility index (Phi) is 8.14. The minimum atomic E-state index is -0.732. The van der Waals surface area contributed by atoms with Crippen LogP contribution in [0.4, 0.5) is 5.69 Å². The highest BCUT2D eigenvalue weighted by Gasteiger charge is 2.42. The SMILES string of the molecule is CCCO[C@]1(C(=O)Nc2ccc(OCC(=O)N3CCCCC3)cc2)CCC[C@H](C)C1. The molecule has 1 N–H and O–H groups in total. The van der Waals surface area contributed by atoms with Gasteiger partial charge in [-0.15, -0.1) is 0 Å². The lowest BCUT2D eigenvalue weighted by Gasteiger charge is -2.38. The maximum atomic E-state index is 13.1. The van der Waals surface area contributed by atoms with Crippen LogP contribution < -0.4 is 10.1 Å². The van der Waals surface area contributed by atoms with Crippen LogP contribution >= 0.6 is 0 Å². The van der Waals surface area contributed by atoms with E-state index in [4.69, 9.17) is 9.47 Å². The summed E-state index contributed by atoms with van der Waals surface area (Å²) < 4.78 is 11.7. The highest BCUT2D eigenvalue weighted by molar-refractivity contribution is 5.97. The average Bonchev–Trinajstić information content (AvgIpc) is 2.77. The molecule has 6 nitrogen and oxygen atoms in total. The van der Waals surface area contributed by atoms with Crippen LogP contribution in [0.5, 0.6) is 5.75 Å². The van der Waals surface area contributed by atoms with Crippen molar-refractivity contribution < 1.29 is 19.1 Å². The number of carbonyl (C=O) groups is 2. The Labute approximate surface area is 180 Å². The van der Waals surface area contributed by atoms with Crippen molar-refractivity contribution in [2.75, 3.05) is 31.6 Å². The number of hydrogen-bond acceptors (Lipinski definition) is 4. The van der Waals surface area contributed by atoms with Gasteiger partial charge in [0.25, 0.3) is 11.8 Å². The van der Waals surface area contributed by atoms with E-state index in [1.165, 1.54) is 6.42 Å². The van der Waals surface area contributed by atoms with Gasteiger partial charge in [-0.1, -0.05) is 20.3 Å². The third-order valence-corrected chi connectivity index (χ3v) is 6.14. The molecule has 0 radical (unpaired) electrons. The van der Waals surface area contributed by atoms with E-state index < -0.39 is 5.60 Å². The van der Waals surface area contributed by atoms with E-state index in [0.29, 0.717) is 24.0 Å². The molecule has 0 unspecified atom stereocenters. The summed E-state index contributed by atoms with van der Waals surface area (Å²) in [6.07, 6.45) is 7.92. The zero-order valence-corrected chi connectivity index (χ0v) is 18.5. The summed E-state index contributed by atoms with van der Waals surface area (Å²) in [5.74, 6) is 1.08. The standard InChI is InChI=1S/C24H36N2O4/c1-3-16-30-24(13-7-8-19(2)17-24)23(28)25-20-9-11-21(12-10-20)29-18-22(27)26-14-5-4-6-15-26/h9-12,19H,3-8,13-18H2,1-2H3,(H,25,28)/t19-,24+/m0/s1. The lowest BCUT2D eigenvalue weighted by atomic mass is 9.78. The molecule has 2 fully saturated rings. The molecule has 2 atom stereocenters. The zero-order valence-electron chi connectivity index (χ0n) is 18.5. The van der Waals surface area contributed by atoms with Crippen LogP contribution in [0, 0.1) is 5.92 Å². The Bertz CT molecular complexity index is 700. The second-order valence-corrected chi connectivity index (χ2v) is 8.75. The minimum Gasteiger partial charge on any atom is -0.484 e. The van der Waals surface area contributed by atoms with Gasteiger partial charge < -0.3 is 19.7 Å². The van der Waals surface area contributed by atoms with Gasteiger partial charge in [0.1, 0.15) is 11.4 Å². The first kappa shape index (κ1) is 22.6. The van der Waals surface area contributed by atoms with Gasteiger partial charge in [-0.05, 0) is 75.1 Å². The van der Waals surface area contributed by atoms with Crippen molar-refractivity contribution in [1.29, 1.82) is 0 Å². The van der Waals surface area contributed by atoms with Crippen LogP contribution in [-0.4, -0.2) is 48.6 Å². The van der Waals surface area contributed by atoms with E-state index >= 15 is 0 Å². The van der Waals surface area contributed by atoms with E-state index in [1.54, 1.807) is 12.1 Å². The molecule has 1 heterocycles. The molecule has 166 valence electrons. The molecule has 0 spiro atoms. The summed E-state index contributed by atoms with van der Waals surface area (Å²) in [6, 6.07) is 7.22. The first-order valence-electron chi connectivity index (χ1n) is 11.5. The van der Waals surface area contributed by atoms with Crippen molar-refractivity contribution in [3.63, 3.8) is 0 Å². The normalized spacial score (nSPS) is 24.3. The molecule has 3 rings (SSSR count). The van der Waals surface area contributed by atoms with Crippen molar-refractivity contribution in [2.24, 2.45) is 5.92 Å². The Morgan fingerprint density at radius 3 is 2.53 bits per heavy atom. The molecule has 1 aliphatic heterocycles. The average molecular weight is 417 g/mol. The molecule has 2 amide bonds. The highest BCUT2D eigenvalue weighted by atomic mass is 16.5. The number of benzene rings is 1. The summed E-state index contributed by atoms with van der Waals surface area (Å²) >= 11 is 0. The van der Waals surface area contributed by atoms with E-state index in [2.05, 4.69) is 19.2 Å². The Morgan fingerprint density at radius 2 is 1.87 bits per heavy atom. The molecule has 0 aromatic heterocycles. The molecule has 1 saturated heterocycles. The van der Waals surface area contributed by atoms with Crippen molar-refractivity contribution in [1.82, 2.24) is 4.90 Å². The first-order valence-corrected chi connectivity index (χ1v) is 11.5. The lowest BCUT2D eigenvalue weighted by molar-refractivity contribution is -0.148. The van der Waals surface area contributed by atoms with E-state index in [-0.39, 0.29) is 18.4 Å². The summed E-state index contributed by atoms with van der Waals surface area (Å²) in [7, 11) is 0. The number of carbonyl (C=O) groups excluding carboxylic acids is 2. The van der Waals surface area contributed by atoms with E-state index in [1.807, 2.05) is 17.0 Å². The Balaban J connectivity index is 1.54. The zero-order chi connectivity index (χ0) is 21.4. The number of hydrogen-bond donors (Lipinski definition) is 1. The summed E-state index contributed by atoms with van der Waals surface area (Å²) in [5.41, 5.74) is -0.0172. The van der Waals surface area contributed by atoms with Gasteiger partial charge in [0.15, 0.2) is 6.61 Å². The molecule has 1 aromatic carbocycles. The largest absolute Gasteiger partial charge is 0.484 e. The molecule has 2 aliphatic rings. The monoisotopic (exact) mass is 416 g/mol. The van der Waals surface area contributed by atoms with Crippen molar-refractivity contribution in [2.45, 2.75) is 70.8 Å². The molecule has 1 saturated carbocycles. The third kappa shape index (κ3) is 5.97. The fourth-order valence-corrected chi connectivity index (χ4v) is 4.46. The van der Waals surface area contributed by atoms with Crippen LogP contribution in [0.2, 0.25) is 0 Å². The Hall–Kier alpha value is -2.08. The van der Waals surface area contributed by atoms with E-state index in [9.17, 15) is 9.59 Å². The smallest absolute Gasteiger partial charge is 0.260 e. The number of likely N-dealkylation sites (tertiary alicyclic amines) is 1. The first-order chi connectivity index (χ1) is 14.5.